The van der Waals surface area contributed by atoms with E-state index in [-0.39, 0.29) is 5.91 Å². The standard InChI is InChI=1S/C19H25NO2/c1-15(2)14-22-12-6-11-20-19(21)13-17-9-5-8-16-7-3-4-10-18(16)17/h3-5,7-10,15H,6,11-14H2,1-2H3,(H,20,21). The maximum Gasteiger partial charge on any atom is 0.224 e. The molecule has 0 spiro atoms. The summed E-state index contributed by atoms with van der Waals surface area (Å²) in [6.07, 6.45) is 1.28. The SMILES string of the molecule is CC(C)COCCCNC(=O)Cc1cccc2ccccc12. The van der Waals surface area contributed by atoms with E-state index in [4.69, 9.17) is 4.74 Å². The third-order valence-electron chi connectivity index (χ3n) is 3.47. The lowest BCUT2D eigenvalue weighted by Crippen LogP contribution is -2.27. The van der Waals surface area contributed by atoms with Crippen LogP contribution in [0.5, 0.6) is 0 Å². The van der Waals surface area contributed by atoms with Crippen LogP contribution in [0.4, 0.5) is 0 Å². The van der Waals surface area contributed by atoms with Gasteiger partial charge in [-0.05, 0) is 28.7 Å². The number of amides is 1. The molecule has 3 nitrogen and oxygen atoms in total. The zero-order valence-corrected chi connectivity index (χ0v) is 13.5. The van der Waals surface area contributed by atoms with Crippen LogP contribution in [-0.4, -0.2) is 25.7 Å². The van der Waals surface area contributed by atoms with Crippen LogP contribution in [-0.2, 0) is 16.0 Å². The molecule has 0 aromatic heterocycles. The minimum atomic E-state index is 0.0696. The summed E-state index contributed by atoms with van der Waals surface area (Å²) in [5.74, 6) is 0.626. The lowest BCUT2D eigenvalue weighted by atomic mass is 10.0. The van der Waals surface area contributed by atoms with Crippen LogP contribution in [0.25, 0.3) is 10.8 Å². The van der Waals surface area contributed by atoms with E-state index >= 15 is 0 Å². The fourth-order valence-electron chi connectivity index (χ4n) is 2.40. The van der Waals surface area contributed by atoms with E-state index in [0.717, 1.165) is 24.0 Å². The highest BCUT2D eigenvalue weighted by Gasteiger charge is 2.06. The number of hydrogen-bond donors (Lipinski definition) is 1. The summed E-state index contributed by atoms with van der Waals surface area (Å²) >= 11 is 0. The molecule has 2 aromatic carbocycles. The molecular formula is C19H25NO2. The molecule has 0 saturated carbocycles. The first-order valence-corrected chi connectivity index (χ1v) is 7.98. The Kier molecular flexibility index (Phi) is 6.41. The number of nitrogens with one attached hydrogen (secondary N) is 1. The van der Waals surface area contributed by atoms with Crippen molar-refractivity contribution in [3.63, 3.8) is 0 Å². The fraction of sp³-hybridized carbons (Fsp3) is 0.421. The zero-order chi connectivity index (χ0) is 15.8. The van der Waals surface area contributed by atoms with Crippen LogP contribution in [0, 0.1) is 5.92 Å². The highest BCUT2D eigenvalue weighted by atomic mass is 16.5. The second-order valence-electron chi connectivity index (χ2n) is 5.99. The number of carbonyl (C=O) groups is 1. The first-order chi connectivity index (χ1) is 10.7. The van der Waals surface area contributed by atoms with Gasteiger partial charge in [0.15, 0.2) is 0 Å². The number of benzene rings is 2. The first-order valence-electron chi connectivity index (χ1n) is 7.98. The maximum absolute atomic E-state index is 12.0. The van der Waals surface area contributed by atoms with E-state index < -0.39 is 0 Å². The number of carbonyl (C=O) groups excluding carboxylic acids is 1. The van der Waals surface area contributed by atoms with Gasteiger partial charge in [-0.25, -0.2) is 0 Å². The summed E-state index contributed by atoms with van der Waals surface area (Å²) in [6, 6.07) is 14.3. The van der Waals surface area contributed by atoms with Gasteiger partial charge in [0.2, 0.25) is 5.91 Å². The monoisotopic (exact) mass is 299 g/mol. The molecule has 1 amide bonds. The van der Waals surface area contributed by atoms with Gasteiger partial charge in [0.1, 0.15) is 0 Å². The Morgan fingerprint density at radius 3 is 2.73 bits per heavy atom. The van der Waals surface area contributed by atoms with Crippen molar-refractivity contribution in [2.24, 2.45) is 5.92 Å². The van der Waals surface area contributed by atoms with Crippen molar-refractivity contribution in [3.8, 4) is 0 Å². The highest BCUT2D eigenvalue weighted by Crippen LogP contribution is 2.18. The molecule has 0 bridgehead atoms. The number of fused-ring (bicyclic) bond motifs is 1. The summed E-state index contributed by atoms with van der Waals surface area (Å²) in [6.45, 7) is 6.41. The van der Waals surface area contributed by atoms with E-state index in [9.17, 15) is 4.79 Å². The lowest BCUT2D eigenvalue weighted by Gasteiger charge is -2.09. The fourth-order valence-corrected chi connectivity index (χ4v) is 2.40. The van der Waals surface area contributed by atoms with Gasteiger partial charge in [-0.3, -0.25) is 4.79 Å². The van der Waals surface area contributed by atoms with Crippen molar-refractivity contribution in [2.45, 2.75) is 26.7 Å². The van der Waals surface area contributed by atoms with Crippen molar-refractivity contribution >= 4 is 16.7 Å². The predicted molar refractivity (Wildman–Crippen MR) is 90.9 cm³/mol. The Labute approximate surface area is 132 Å². The molecule has 0 aliphatic heterocycles. The molecule has 0 fully saturated rings. The van der Waals surface area contributed by atoms with Crippen LogP contribution in [0.1, 0.15) is 25.8 Å². The van der Waals surface area contributed by atoms with Gasteiger partial charge in [0, 0.05) is 19.8 Å². The Morgan fingerprint density at radius 1 is 1.14 bits per heavy atom. The van der Waals surface area contributed by atoms with E-state index in [2.05, 4.69) is 37.4 Å². The average molecular weight is 299 g/mol. The van der Waals surface area contributed by atoms with Crippen molar-refractivity contribution in [2.75, 3.05) is 19.8 Å². The van der Waals surface area contributed by atoms with E-state index in [0.29, 0.717) is 25.5 Å². The van der Waals surface area contributed by atoms with Gasteiger partial charge < -0.3 is 10.1 Å². The summed E-state index contributed by atoms with van der Waals surface area (Å²) in [4.78, 5) is 12.0. The third kappa shape index (κ3) is 5.15. The first kappa shape index (κ1) is 16.5. The molecular weight excluding hydrogens is 274 g/mol. The van der Waals surface area contributed by atoms with E-state index in [1.807, 2.05) is 24.3 Å². The summed E-state index contributed by atoms with van der Waals surface area (Å²) in [5, 5.41) is 5.29. The van der Waals surface area contributed by atoms with Crippen LogP contribution in [0.3, 0.4) is 0 Å². The molecule has 3 heteroatoms. The molecule has 0 aliphatic carbocycles. The highest BCUT2D eigenvalue weighted by molar-refractivity contribution is 5.90. The molecule has 0 aliphatic rings. The van der Waals surface area contributed by atoms with Crippen LogP contribution in [0.15, 0.2) is 42.5 Å². The predicted octanol–water partition coefficient (Wildman–Crippen LogP) is 3.56. The second kappa shape index (κ2) is 8.54. The van der Waals surface area contributed by atoms with Gasteiger partial charge in [-0.1, -0.05) is 56.3 Å². The topological polar surface area (TPSA) is 38.3 Å². The Balaban J connectivity index is 1.77. The van der Waals surface area contributed by atoms with E-state index in [1.54, 1.807) is 0 Å². The third-order valence-corrected chi connectivity index (χ3v) is 3.47. The van der Waals surface area contributed by atoms with E-state index in [1.165, 1.54) is 5.39 Å². The smallest absolute Gasteiger partial charge is 0.224 e. The van der Waals surface area contributed by atoms with Gasteiger partial charge >= 0.3 is 0 Å². The van der Waals surface area contributed by atoms with Crippen LogP contribution >= 0.6 is 0 Å². The maximum atomic E-state index is 12.0. The normalized spacial score (nSPS) is 11.0. The van der Waals surface area contributed by atoms with Gasteiger partial charge in [0.25, 0.3) is 0 Å². The van der Waals surface area contributed by atoms with Crippen LogP contribution in [0.2, 0.25) is 0 Å². The summed E-state index contributed by atoms with van der Waals surface area (Å²) in [7, 11) is 0. The summed E-state index contributed by atoms with van der Waals surface area (Å²) < 4.78 is 5.50. The van der Waals surface area contributed by atoms with Gasteiger partial charge in [-0.2, -0.15) is 0 Å². The Hall–Kier alpha value is -1.87. The van der Waals surface area contributed by atoms with Gasteiger partial charge in [-0.15, -0.1) is 0 Å². The zero-order valence-electron chi connectivity index (χ0n) is 13.5. The molecule has 22 heavy (non-hydrogen) atoms. The quantitative estimate of drug-likeness (QED) is 0.757. The molecule has 2 rings (SSSR count). The van der Waals surface area contributed by atoms with Gasteiger partial charge in [0.05, 0.1) is 6.42 Å². The Bertz CT molecular complexity index is 602. The molecule has 0 atom stereocenters. The average Bonchev–Trinajstić information content (AvgIpc) is 2.51. The molecule has 0 radical (unpaired) electrons. The summed E-state index contributed by atoms with van der Waals surface area (Å²) in [5.41, 5.74) is 1.08. The lowest BCUT2D eigenvalue weighted by molar-refractivity contribution is -0.120. The van der Waals surface area contributed by atoms with Crippen molar-refractivity contribution in [1.82, 2.24) is 5.32 Å². The number of ether oxygens (including phenoxy) is 1. The van der Waals surface area contributed by atoms with Crippen molar-refractivity contribution < 1.29 is 9.53 Å². The van der Waals surface area contributed by atoms with Crippen LogP contribution < -0.4 is 5.32 Å². The Morgan fingerprint density at radius 2 is 1.91 bits per heavy atom. The largest absolute Gasteiger partial charge is 0.381 e. The molecule has 1 N–H and O–H groups in total. The minimum Gasteiger partial charge on any atom is -0.381 e. The molecule has 2 aromatic rings. The number of hydrogen-bond acceptors (Lipinski definition) is 2. The molecule has 0 unspecified atom stereocenters. The second-order valence-corrected chi connectivity index (χ2v) is 5.99. The number of rotatable bonds is 8. The van der Waals surface area contributed by atoms with Crippen molar-refractivity contribution in [3.05, 3.63) is 48.0 Å². The minimum absolute atomic E-state index is 0.0696. The molecule has 0 heterocycles. The molecule has 118 valence electrons. The molecule has 0 saturated heterocycles. The van der Waals surface area contributed by atoms with Crippen molar-refractivity contribution in [1.29, 1.82) is 0 Å².